The molecule has 5 heteroatoms. The van der Waals surface area contributed by atoms with Gasteiger partial charge in [-0.25, -0.2) is 0 Å². The van der Waals surface area contributed by atoms with Crippen molar-refractivity contribution in [3.63, 3.8) is 0 Å². The lowest BCUT2D eigenvalue weighted by Crippen LogP contribution is -2.47. The van der Waals surface area contributed by atoms with Gasteiger partial charge in [-0.2, -0.15) is 0 Å². The topological polar surface area (TPSA) is 42.0 Å². The van der Waals surface area contributed by atoms with E-state index in [-0.39, 0.29) is 5.91 Å². The SMILES string of the molecule is CCN(C[C@@H]1CCN(Cc2ccccc2)C1)C(=O)[C@@H]1COCCO1. The van der Waals surface area contributed by atoms with Crippen LogP contribution in [-0.4, -0.2) is 67.8 Å². The molecule has 2 atom stereocenters. The first kappa shape index (κ1) is 17.4. The van der Waals surface area contributed by atoms with Crippen LogP contribution in [0.4, 0.5) is 0 Å². The van der Waals surface area contributed by atoms with E-state index in [1.807, 2.05) is 11.8 Å². The van der Waals surface area contributed by atoms with Crippen LogP contribution in [0.5, 0.6) is 0 Å². The van der Waals surface area contributed by atoms with Crippen molar-refractivity contribution in [2.45, 2.75) is 26.0 Å². The highest BCUT2D eigenvalue weighted by Gasteiger charge is 2.30. The molecule has 24 heavy (non-hydrogen) atoms. The van der Waals surface area contributed by atoms with E-state index in [0.29, 0.717) is 25.7 Å². The second kappa shape index (κ2) is 8.60. The molecule has 1 aromatic carbocycles. The maximum Gasteiger partial charge on any atom is 0.254 e. The van der Waals surface area contributed by atoms with Crippen molar-refractivity contribution in [3.05, 3.63) is 35.9 Å². The largest absolute Gasteiger partial charge is 0.376 e. The van der Waals surface area contributed by atoms with Crippen molar-refractivity contribution in [3.8, 4) is 0 Å². The Morgan fingerprint density at radius 3 is 2.83 bits per heavy atom. The second-order valence-corrected chi connectivity index (χ2v) is 6.69. The zero-order valence-electron chi connectivity index (χ0n) is 14.5. The number of carbonyl (C=O) groups excluding carboxylic acids is 1. The van der Waals surface area contributed by atoms with Gasteiger partial charge in [0.25, 0.3) is 5.91 Å². The average Bonchev–Trinajstić information content (AvgIpc) is 3.07. The number of nitrogens with zero attached hydrogens (tertiary/aromatic N) is 2. The molecule has 0 saturated carbocycles. The molecule has 0 N–H and O–H groups in total. The van der Waals surface area contributed by atoms with Gasteiger partial charge in [-0.05, 0) is 31.4 Å². The highest BCUT2D eigenvalue weighted by atomic mass is 16.6. The predicted molar refractivity (Wildman–Crippen MR) is 92.6 cm³/mol. The summed E-state index contributed by atoms with van der Waals surface area (Å²) in [4.78, 5) is 17.0. The Labute approximate surface area is 144 Å². The molecule has 0 aliphatic carbocycles. The monoisotopic (exact) mass is 332 g/mol. The van der Waals surface area contributed by atoms with Crippen LogP contribution in [0.25, 0.3) is 0 Å². The first-order valence-corrected chi connectivity index (χ1v) is 9.00. The van der Waals surface area contributed by atoms with Crippen molar-refractivity contribution < 1.29 is 14.3 Å². The van der Waals surface area contributed by atoms with Crippen molar-refractivity contribution >= 4 is 5.91 Å². The van der Waals surface area contributed by atoms with Crippen molar-refractivity contribution in [1.82, 2.24) is 9.80 Å². The van der Waals surface area contributed by atoms with Crippen LogP contribution in [0.3, 0.4) is 0 Å². The average molecular weight is 332 g/mol. The fourth-order valence-corrected chi connectivity index (χ4v) is 3.57. The molecule has 0 radical (unpaired) electrons. The highest BCUT2D eigenvalue weighted by molar-refractivity contribution is 5.81. The summed E-state index contributed by atoms with van der Waals surface area (Å²) >= 11 is 0. The lowest BCUT2D eigenvalue weighted by molar-refractivity contribution is -0.158. The maximum atomic E-state index is 12.6. The third-order valence-electron chi connectivity index (χ3n) is 4.88. The minimum atomic E-state index is -0.416. The smallest absolute Gasteiger partial charge is 0.254 e. The summed E-state index contributed by atoms with van der Waals surface area (Å²) in [5.41, 5.74) is 1.36. The summed E-state index contributed by atoms with van der Waals surface area (Å²) in [6.07, 6.45) is 0.735. The molecule has 132 valence electrons. The van der Waals surface area contributed by atoms with Gasteiger partial charge in [-0.15, -0.1) is 0 Å². The van der Waals surface area contributed by atoms with Crippen LogP contribution < -0.4 is 0 Å². The standard InChI is InChI=1S/C19H28N2O3/c1-2-21(19(22)18-15-23-10-11-24-18)14-17-8-9-20(13-17)12-16-6-4-3-5-7-16/h3-7,17-18H,2,8-15H2,1H3/t17-,18+/m1/s1. The van der Waals surface area contributed by atoms with Crippen LogP contribution in [0.15, 0.2) is 30.3 Å². The zero-order valence-corrected chi connectivity index (χ0v) is 14.5. The van der Waals surface area contributed by atoms with Gasteiger partial charge < -0.3 is 14.4 Å². The number of likely N-dealkylation sites (tertiary alicyclic amines) is 1. The lowest BCUT2D eigenvalue weighted by atomic mass is 10.1. The van der Waals surface area contributed by atoms with E-state index in [1.165, 1.54) is 5.56 Å². The number of hydrogen-bond donors (Lipinski definition) is 0. The summed E-state index contributed by atoms with van der Waals surface area (Å²) < 4.78 is 10.9. The summed E-state index contributed by atoms with van der Waals surface area (Å²) in [6.45, 7) is 8.24. The quantitative estimate of drug-likeness (QED) is 0.796. The highest BCUT2D eigenvalue weighted by Crippen LogP contribution is 2.20. The Morgan fingerprint density at radius 1 is 1.29 bits per heavy atom. The Balaban J connectivity index is 1.48. The fourth-order valence-electron chi connectivity index (χ4n) is 3.57. The van der Waals surface area contributed by atoms with E-state index in [9.17, 15) is 4.79 Å². The van der Waals surface area contributed by atoms with Gasteiger partial charge in [0.2, 0.25) is 0 Å². The molecule has 0 aromatic heterocycles. The second-order valence-electron chi connectivity index (χ2n) is 6.69. The maximum absolute atomic E-state index is 12.6. The normalized spacial score (nSPS) is 24.9. The van der Waals surface area contributed by atoms with E-state index in [1.54, 1.807) is 0 Å². The number of carbonyl (C=O) groups is 1. The minimum Gasteiger partial charge on any atom is -0.376 e. The van der Waals surface area contributed by atoms with Crippen molar-refractivity contribution in [2.75, 3.05) is 46.0 Å². The van der Waals surface area contributed by atoms with E-state index in [2.05, 4.69) is 35.2 Å². The summed E-state index contributed by atoms with van der Waals surface area (Å²) in [5, 5.41) is 0. The number of benzene rings is 1. The molecule has 2 saturated heterocycles. The number of hydrogen-bond acceptors (Lipinski definition) is 4. The Hall–Kier alpha value is -1.43. The van der Waals surface area contributed by atoms with Crippen molar-refractivity contribution in [2.24, 2.45) is 5.92 Å². The third kappa shape index (κ3) is 4.56. The molecule has 0 bridgehead atoms. The van der Waals surface area contributed by atoms with Gasteiger partial charge in [0, 0.05) is 26.2 Å². The molecule has 2 aliphatic rings. The van der Waals surface area contributed by atoms with Gasteiger partial charge in [0.15, 0.2) is 6.10 Å². The molecular formula is C19H28N2O3. The van der Waals surface area contributed by atoms with E-state index < -0.39 is 6.10 Å². The predicted octanol–water partition coefficient (Wildman–Crippen LogP) is 1.77. The van der Waals surface area contributed by atoms with Crippen LogP contribution in [0.2, 0.25) is 0 Å². The number of rotatable bonds is 6. The molecule has 2 aliphatic heterocycles. The van der Waals surface area contributed by atoms with Gasteiger partial charge in [0.1, 0.15) is 0 Å². The van der Waals surface area contributed by atoms with Gasteiger partial charge in [-0.1, -0.05) is 30.3 Å². The lowest BCUT2D eigenvalue weighted by Gasteiger charge is -2.30. The number of amides is 1. The molecule has 1 aromatic rings. The van der Waals surface area contributed by atoms with Crippen molar-refractivity contribution in [1.29, 1.82) is 0 Å². The summed E-state index contributed by atoms with van der Waals surface area (Å²) in [7, 11) is 0. The number of ether oxygens (including phenoxy) is 2. The summed E-state index contributed by atoms with van der Waals surface area (Å²) in [6, 6.07) is 10.6. The Bertz CT molecular complexity index is 517. The van der Waals surface area contributed by atoms with Gasteiger partial charge in [-0.3, -0.25) is 9.69 Å². The summed E-state index contributed by atoms with van der Waals surface area (Å²) in [5.74, 6) is 0.626. The van der Waals surface area contributed by atoms with Gasteiger partial charge >= 0.3 is 0 Å². The van der Waals surface area contributed by atoms with Crippen LogP contribution in [0, 0.1) is 5.92 Å². The molecule has 2 fully saturated rings. The fraction of sp³-hybridized carbons (Fsp3) is 0.632. The van der Waals surface area contributed by atoms with E-state index in [4.69, 9.17) is 9.47 Å². The zero-order chi connectivity index (χ0) is 16.8. The molecule has 0 spiro atoms. The van der Waals surface area contributed by atoms with Crippen LogP contribution in [0.1, 0.15) is 18.9 Å². The first-order valence-electron chi connectivity index (χ1n) is 9.00. The molecule has 2 heterocycles. The van der Waals surface area contributed by atoms with E-state index in [0.717, 1.165) is 39.1 Å². The molecule has 1 amide bonds. The molecule has 3 rings (SSSR count). The van der Waals surface area contributed by atoms with Gasteiger partial charge in [0.05, 0.1) is 19.8 Å². The molecular weight excluding hydrogens is 304 g/mol. The molecule has 5 nitrogen and oxygen atoms in total. The Kier molecular flexibility index (Phi) is 6.24. The molecule has 0 unspecified atom stereocenters. The first-order chi connectivity index (χ1) is 11.8. The van der Waals surface area contributed by atoms with Crippen LogP contribution in [-0.2, 0) is 20.8 Å². The third-order valence-corrected chi connectivity index (χ3v) is 4.88. The minimum absolute atomic E-state index is 0.0821. The van der Waals surface area contributed by atoms with E-state index >= 15 is 0 Å². The van der Waals surface area contributed by atoms with Crippen LogP contribution >= 0.6 is 0 Å². The Morgan fingerprint density at radius 2 is 2.12 bits per heavy atom. The number of likely N-dealkylation sites (N-methyl/N-ethyl adjacent to an activating group) is 1.